The molecule has 0 amide bonds. The second kappa shape index (κ2) is 9.69. The highest BCUT2D eigenvalue weighted by molar-refractivity contribution is 14.0. The molecule has 21 heavy (non-hydrogen) atoms. The van der Waals surface area contributed by atoms with E-state index in [1.807, 2.05) is 6.92 Å². The largest absolute Gasteiger partial charge is 0.484 e. The topological polar surface area (TPSA) is 59.6 Å². The average Bonchev–Trinajstić information content (AvgIpc) is 2.40. The van der Waals surface area contributed by atoms with E-state index in [9.17, 15) is 13.2 Å². The van der Waals surface area contributed by atoms with Crippen LogP contribution in [0.4, 0.5) is 13.2 Å². The fourth-order valence-electron chi connectivity index (χ4n) is 1.41. The second-order valence-corrected chi connectivity index (χ2v) is 4.14. The number of aliphatic imine (C=N–C) groups is 1. The third-order valence-electron chi connectivity index (χ3n) is 2.34. The molecule has 120 valence electrons. The summed E-state index contributed by atoms with van der Waals surface area (Å²) < 4.78 is 41.2. The van der Waals surface area contributed by atoms with Crippen molar-refractivity contribution in [2.75, 3.05) is 13.2 Å². The van der Waals surface area contributed by atoms with Crippen molar-refractivity contribution in [3.63, 3.8) is 0 Å². The number of benzene rings is 1. The molecule has 0 spiro atoms. The van der Waals surface area contributed by atoms with Crippen LogP contribution in [0, 0.1) is 0 Å². The van der Waals surface area contributed by atoms with Gasteiger partial charge in [0.25, 0.3) is 0 Å². The Morgan fingerprint density at radius 2 is 2.00 bits per heavy atom. The number of guanidine groups is 1. The molecule has 0 aliphatic heterocycles. The first-order valence-electron chi connectivity index (χ1n) is 6.23. The van der Waals surface area contributed by atoms with Crippen LogP contribution in [0.25, 0.3) is 0 Å². The van der Waals surface area contributed by atoms with Crippen LogP contribution in [0.1, 0.15) is 18.9 Å². The summed E-state index contributed by atoms with van der Waals surface area (Å²) in [5.74, 6) is 0.425. The van der Waals surface area contributed by atoms with E-state index in [1.54, 1.807) is 18.2 Å². The molecule has 0 unspecified atom stereocenters. The number of alkyl halides is 3. The molecule has 0 aliphatic rings. The first-order valence-corrected chi connectivity index (χ1v) is 6.23. The summed E-state index contributed by atoms with van der Waals surface area (Å²) in [6, 6.07) is 6.45. The summed E-state index contributed by atoms with van der Waals surface area (Å²) in [6.45, 7) is 1.52. The average molecular weight is 417 g/mol. The van der Waals surface area contributed by atoms with Crippen molar-refractivity contribution in [2.24, 2.45) is 10.7 Å². The third kappa shape index (κ3) is 8.64. The standard InChI is InChI=1S/C13H18F3N3O.HI/c1-2-7-18-12(17)19-8-10-5-3-4-6-11(10)20-9-13(14,15)16;/h3-6H,2,7-9H2,1H3,(H3,17,18,19);1H. The van der Waals surface area contributed by atoms with Gasteiger partial charge in [-0.3, -0.25) is 0 Å². The molecule has 0 fully saturated rings. The SMILES string of the molecule is CCCNC(N)=NCc1ccccc1OCC(F)(F)F.I. The van der Waals surface area contributed by atoms with Gasteiger partial charge in [-0.05, 0) is 12.5 Å². The van der Waals surface area contributed by atoms with Crippen LogP contribution in [0.2, 0.25) is 0 Å². The Morgan fingerprint density at radius 1 is 1.33 bits per heavy atom. The first-order chi connectivity index (χ1) is 9.42. The Balaban J connectivity index is 0.00000400. The molecule has 8 heteroatoms. The summed E-state index contributed by atoms with van der Waals surface area (Å²) in [7, 11) is 0. The van der Waals surface area contributed by atoms with E-state index in [2.05, 4.69) is 10.3 Å². The van der Waals surface area contributed by atoms with Crippen LogP contribution >= 0.6 is 24.0 Å². The van der Waals surface area contributed by atoms with Crippen molar-refractivity contribution in [1.82, 2.24) is 5.32 Å². The Morgan fingerprint density at radius 3 is 2.62 bits per heavy atom. The Labute approximate surface area is 139 Å². The second-order valence-electron chi connectivity index (χ2n) is 4.14. The van der Waals surface area contributed by atoms with Gasteiger partial charge in [0, 0.05) is 12.1 Å². The molecule has 0 aromatic heterocycles. The van der Waals surface area contributed by atoms with E-state index in [-0.39, 0.29) is 42.2 Å². The highest BCUT2D eigenvalue weighted by atomic mass is 127. The van der Waals surface area contributed by atoms with Crippen LogP contribution in [0.3, 0.4) is 0 Å². The molecule has 1 aromatic rings. The van der Waals surface area contributed by atoms with Gasteiger partial charge >= 0.3 is 6.18 Å². The summed E-state index contributed by atoms with van der Waals surface area (Å²) in [6.07, 6.45) is -3.46. The number of hydrogen-bond donors (Lipinski definition) is 2. The number of halogens is 4. The fraction of sp³-hybridized carbons (Fsp3) is 0.462. The van der Waals surface area contributed by atoms with Crippen molar-refractivity contribution in [3.05, 3.63) is 29.8 Å². The van der Waals surface area contributed by atoms with Crippen LogP contribution in [-0.4, -0.2) is 25.3 Å². The lowest BCUT2D eigenvalue weighted by molar-refractivity contribution is -0.153. The van der Waals surface area contributed by atoms with E-state index in [4.69, 9.17) is 10.5 Å². The van der Waals surface area contributed by atoms with Gasteiger partial charge in [-0.25, -0.2) is 4.99 Å². The minimum Gasteiger partial charge on any atom is -0.484 e. The Hall–Kier alpha value is -1.19. The van der Waals surface area contributed by atoms with Gasteiger partial charge in [-0.2, -0.15) is 13.2 Å². The normalized spacial score (nSPS) is 11.7. The molecule has 0 heterocycles. The van der Waals surface area contributed by atoms with E-state index < -0.39 is 12.8 Å². The van der Waals surface area contributed by atoms with E-state index in [1.165, 1.54) is 6.07 Å². The molecule has 0 saturated carbocycles. The number of ether oxygens (including phenoxy) is 1. The van der Waals surface area contributed by atoms with Crippen molar-refractivity contribution < 1.29 is 17.9 Å². The number of nitrogens with two attached hydrogens (primary N) is 1. The van der Waals surface area contributed by atoms with Crippen molar-refractivity contribution in [2.45, 2.75) is 26.1 Å². The zero-order valence-electron chi connectivity index (χ0n) is 11.6. The van der Waals surface area contributed by atoms with Crippen molar-refractivity contribution in [3.8, 4) is 5.75 Å². The van der Waals surface area contributed by atoms with Gasteiger partial charge in [0.05, 0.1) is 6.54 Å². The van der Waals surface area contributed by atoms with E-state index >= 15 is 0 Å². The molecule has 3 N–H and O–H groups in total. The Bertz CT molecular complexity index is 453. The molecular formula is C13H19F3IN3O. The van der Waals surface area contributed by atoms with Crippen molar-refractivity contribution in [1.29, 1.82) is 0 Å². The van der Waals surface area contributed by atoms with Gasteiger partial charge in [-0.15, -0.1) is 24.0 Å². The lowest BCUT2D eigenvalue weighted by Crippen LogP contribution is -2.32. The van der Waals surface area contributed by atoms with Crippen LogP contribution in [0.5, 0.6) is 5.75 Å². The molecule has 0 bridgehead atoms. The number of rotatable bonds is 6. The van der Waals surface area contributed by atoms with Gasteiger partial charge in [0.2, 0.25) is 0 Å². The van der Waals surface area contributed by atoms with Gasteiger partial charge in [0.1, 0.15) is 5.75 Å². The van der Waals surface area contributed by atoms with Crippen LogP contribution in [-0.2, 0) is 6.54 Å². The molecule has 4 nitrogen and oxygen atoms in total. The maximum atomic E-state index is 12.1. The van der Waals surface area contributed by atoms with Gasteiger partial charge < -0.3 is 15.8 Å². The summed E-state index contributed by atoms with van der Waals surface area (Å²) in [5, 5.41) is 2.89. The molecule has 0 saturated heterocycles. The zero-order chi connectivity index (χ0) is 15.0. The maximum absolute atomic E-state index is 12.1. The first kappa shape index (κ1) is 19.8. The molecule has 1 rings (SSSR count). The lowest BCUT2D eigenvalue weighted by Gasteiger charge is -2.12. The summed E-state index contributed by atoms with van der Waals surface area (Å²) in [5.41, 5.74) is 6.17. The fourth-order valence-corrected chi connectivity index (χ4v) is 1.41. The van der Waals surface area contributed by atoms with Crippen LogP contribution < -0.4 is 15.8 Å². The highest BCUT2D eigenvalue weighted by Crippen LogP contribution is 2.22. The van der Waals surface area contributed by atoms with E-state index in [0.29, 0.717) is 12.1 Å². The number of para-hydroxylation sites is 1. The lowest BCUT2D eigenvalue weighted by atomic mass is 10.2. The monoisotopic (exact) mass is 417 g/mol. The maximum Gasteiger partial charge on any atom is 0.422 e. The number of nitrogens with one attached hydrogen (secondary N) is 1. The summed E-state index contributed by atoms with van der Waals surface area (Å²) >= 11 is 0. The third-order valence-corrected chi connectivity index (χ3v) is 2.34. The van der Waals surface area contributed by atoms with Crippen molar-refractivity contribution >= 4 is 29.9 Å². The summed E-state index contributed by atoms with van der Waals surface area (Å²) in [4.78, 5) is 4.06. The predicted molar refractivity (Wildman–Crippen MR) is 87.0 cm³/mol. The van der Waals surface area contributed by atoms with E-state index in [0.717, 1.165) is 6.42 Å². The van der Waals surface area contributed by atoms with Gasteiger partial charge in [0.15, 0.2) is 12.6 Å². The zero-order valence-corrected chi connectivity index (χ0v) is 13.9. The number of nitrogens with zero attached hydrogens (tertiary/aromatic N) is 1. The van der Waals surface area contributed by atoms with Crippen LogP contribution in [0.15, 0.2) is 29.3 Å². The predicted octanol–water partition coefficient (Wildman–Crippen LogP) is 3.06. The number of hydrogen-bond acceptors (Lipinski definition) is 2. The highest BCUT2D eigenvalue weighted by Gasteiger charge is 2.28. The van der Waals surface area contributed by atoms with Gasteiger partial charge in [-0.1, -0.05) is 25.1 Å². The minimum absolute atomic E-state index is 0. The molecule has 0 atom stereocenters. The molecule has 1 aromatic carbocycles. The smallest absolute Gasteiger partial charge is 0.422 e. The quantitative estimate of drug-likeness (QED) is 0.425. The minimum atomic E-state index is -4.36. The molecule has 0 aliphatic carbocycles. The molecular weight excluding hydrogens is 398 g/mol. The molecule has 0 radical (unpaired) electrons. The Kier molecular flexibility index (Phi) is 9.14.